The number of fused-ring (bicyclic) bond motifs is 1. The standard InChI is InChI=1S/C15H22N4O3S.ClH/c1-10-11(2)23-14-13(10)15(21)19(9-18-14)8-12(20)17-5-4-16-6-7-22-3;/h9,16H,4-8H2,1-3H3,(H,17,20);1H. The molecule has 24 heavy (non-hydrogen) atoms. The zero-order valence-corrected chi connectivity index (χ0v) is 15.7. The Morgan fingerprint density at radius 1 is 1.33 bits per heavy atom. The third-order valence-electron chi connectivity index (χ3n) is 3.58. The Morgan fingerprint density at radius 2 is 2.08 bits per heavy atom. The number of aromatic nitrogens is 2. The summed E-state index contributed by atoms with van der Waals surface area (Å²) < 4.78 is 6.27. The molecule has 2 N–H and O–H groups in total. The molecule has 2 heterocycles. The van der Waals surface area contributed by atoms with E-state index >= 15 is 0 Å². The molecule has 0 atom stereocenters. The SMILES string of the molecule is COCCNCCNC(=O)Cn1cnc2sc(C)c(C)c2c1=O.Cl. The zero-order chi connectivity index (χ0) is 16.8. The van der Waals surface area contributed by atoms with E-state index in [0.717, 1.165) is 21.8 Å². The summed E-state index contributed by atoms with van der Waals surface area (Å²) in [4.78, 5) is 30.5. The van der Waals surface area contributed by atoms with Gasteiger partial charge in [0.15, 0.2) is 0 Å². The van der Waals surface area contributed by atoms with Crippen LogP contribution in [-0.4, -0.2) is 48.8 Å². The lowest BCUT2D eigenvalue weighted by atomic mass is 10.2. The highest BCUT2D eigenvalue weighted by atomic mass is 35.5. The summed E-state index contributed by atoms with van der Waals surface area (Å²) in [5, 5.41) is 6.52. The van der Waals surface area contributed by atoms with Crippen molar-refractivity contribution in [3.05, 3.63) is 27.1 Å². The number of amides is 1. The second kappa shape index (κ2) is 9.73. The van der Waals surface area contributed by atoms with Crippen LogP contribution in [0.2, 0.25) is 0 Å². The highest BCUT2D eigenvalue weighted by molar-refractivity contribution is 7.18. The fourth-order valence-electron chi connectivity index (χ4n) is 2.18. The van der Waals surface area contributed by atoms with Crippen molar-refractivity contribution in [2.45, 2.75) is 20.4 Å². The molecular formula is C15H23ClN4O3S. The van der Waals surface area contributed by atoms with Gasteiger partial charge in [-0.05, 0) is 19.4 Å². The van der Waals surface area contributed by atoms with Crippen LogP contribution in [0, 0.1) is 13.8 Å². The van der Waals surface area contributed by atoms with Gasteiger partial charge in [0.2, 0.25) is 5.91 Å². The van der Waals surface area contributed by atoms with Gasteiger partial charge in [-0.2, -0.15) is 0 Å². The maximum absolute atomic E-state index is 12.5. The van der Waals surface area contributed by atoms with Crippen LogP contribution in [0.3, 0.4) is 0 Å². The maximum atomic E-state index is 12.5. The van der Waals surface area contributed by atoms with E-state index in [2.05, 4.69) is 15.6 Å². The third-order valence-corrected chi connectivity index (χ3v) is 4.69. The van der Waals surface area contributed by atoms with Gasteiger partial charge in [-0.25, -0.2) is 4.98 Å². The topological polar surface area (TPSA) is 85.2 Å². The first kappa shape index (κ1) is 20.6. The predicted octanol–water partition coefficient (Wildman–Crippen LogP) is 0.849. The summed E-state index contributed by atoms with van der Waals surface area (Å²) >= 11 is 1.50. The van der Waals surface area contributed by atoms with Crippen molar-refractivity contribution < 1.29 is 9.53 Å². The van der Waals surface area contributed by atoms with Crippen LogP contribution in [-0.2, 0) is 16.1 Å². The molecule has 7 nitrogen and oxygen atoms in total. The van der Waals surface area contributed by atoms with Gasteiger partial charge in [0, 0.05) is 31.6 Å². The van der Waals surface area contributed by atoms with E-state index in [1.165, 1.54) is 22.2 Å². The van der Waals surface area contributed by atoms with Crippen LogP contribution in [0.5, 0.6) is 0 Å². The Bertz CT molecular complexity index is 744. The lowest BCUT2D eigenvalue weighted by Gasteiger charge is -2.08. The summed E-state index contributed by atoms with van der Waals surface area (Å²) in [5.74, 6) is -0.202. The summed E-state index contributed by atoms with van der Waals surface area (Å²) in [6.45, 7) is 6.39. The Labute approximate surface area is 150 Å². The Kier molecular flexibility index (Phi) is 8.34. The summed E-state index contributed by atoms with van der Waals surface area (Å²) in [6.07, 6.45) is 1.44. The van der Waals surface area contributed by atoms with Gasteiger partial charge < -0.3 is 15.4 Å². The molecule has 2 aromatic rings. The van der Waals surface area contributed by atoms with Gasteiger partial charge in [-0.1, -0.05) is 0 Å². The molecule has 2 rings (SSSR count). The monoisotopic (exact) mass is 374 g/mol. The number of nitrogens with one attached hydrogen (secondary N) is 2. The number of carbonyl (C=O) groups excluding carboxylic acids is 1. The molecule has 134 valence electrons. The van der Waals surface area contributed by atoms with Gasteiger partial charge in [-0.3, -0.25) is 14.2 Å². The number of carbonyl (C=O) groups is 1. The van der Waals surface area contributed by atoms with Gasteiger partial charge in [0.1, 0.15) is 11.4 Å². The maximum Gasteiger partial charge on any atom is 0.262 e. The molecule has 0 saturated carbocycles. The van der Waals surface area contributed by atoms with Gasteiger partial charge in [0.25, 0.3) is 5.56 Å². The molecule has 0 fully saturated rings. The van der Waals surface area contributed by atoms with Crippen LogP contribution in [0.1, 0.15) is 10.4 Å². The average molecular weight is 375 g/mol. The van der Waals surface area contributed by atoms with Crippen LogP contribution >= 0.6 is 23.7 Å². The lowest BCUT2D eigenvalue weighted by Crippen LogP contribution is -2.36. The number of nitrogens with zero attached hydrogens (tertiary/aromatic N) is 2. The molecule has 1 amide bonds. The summed E-state index contributed by atoms with van der Waals surface area (Å²) in [7, 11) is 1.64. The molecule has 0 aliphatic carbocycles. The molecule has 0 aliphatic rings. The lowest BCUT2D eigenvalue weighted by molar-refractivity contribution is -0.121. The largest absolute Gasteiger partial charge is 0.383 e. The molecule has 9 heteroatoms. The van der Waals surface area contributed by atoms with Gasteiger partial charge >= 0.3 is 0 Å². The highest BCUT2D eigenvalue weighted by Crippen LogP contribution is 2.25. The van der Waals surface area contributed by atoms with Crippen molar-refractivity contribution in [1.29, 1.82) is 0 Å². The molecule has 0 aromatic carbocycles. The zero-order valence-electron chi connectivity index (χ0n) is 14.0. The molecule has 2 aromatic heterocycles. The minimum absolute atomic E-state index is 0. The normalized spacial score (nSPS) is 10.6. The van der Waals surface area contributed by atoms with E-state index in [-0.39, 0.29) is 30.4 Å². The number of rotatable bonds is 8. The molecular weight excluding hydrogens is 352 g/mol. The van der Waals surface area contributed by atoms with Crippen molar-refractivity contribution in [3.63, 3.8) is 0 Å². The van der Waals surface area contributed by atoms with Crippen molar-refractivity contribution in [2.75, 3.05) is 33.4 Å². The number of halogens is 1. The molecule has 0 spiro atoms. The Balaban J connectivity index is 0.00000288. The second-order valence-corrected chi connectivity index (χ2v) is 6.44. The fraction of sp³-hybridized carbons (Fsp3) is 0.533. The molecule has 0 bridgehead atoms. The quantitative estimate of drug-likeness (QED) is 0.669. The van der Waals surface area contributed by atoms with Crippen molar-refractivity contribution in [1.82, 2.24) is 20.2 Å². The average Bonchev–Trinajstić information content (AvgIpc) is 2.81. The van der Waals surface area contributed by atoms with Gasteiger partial charge in [0.05, 0.1) is 18.3 Å². The molecule has 0 saturated heterocycles. The number of hydrogen-bond acceptors (Lipinski definition) is 6. The van der Waals surface area contributed by atoms with E-state index in [4.69, 9.17) is 4.74 Å². The van der Waals surface area contributed by atoms with E-state index in [9.17, 15) is 9.59 Å². The molecule has 0 unspecified atom stereocenters. The highest BCUT2D eigenvalue weighted by Gasteiger charge is 2.13. The first-order chi connectivity index (χ1) is 11.0. The van der Waals surface area contributed by atoms with Crippen molar-refractivity contribution in [3.8, 4) is 0 Å². The summed E-state index contributed by atoms with van der Waals surface area (Å²) in [6, 6.07) is 0. The second-order valence-electron chi connectivity index (χ2n) is 5.23. The van der Waals surface area contributed by atoms with E-state index in [1.807, 2.05) is 13.8 Å². The van der Waals surface area contributed by atoms with E-state index in [0.29, 0.717) is 25.1 Å². The molecule has 0 aliphatic heterocycles. The first-order valence-electron chi connectivity index (χ1n) is 7.46. The minimum Gasteiger partial charge on any atom is -0.383 e. The first-order valence-corrected chi connectivity index (χ1v) is 8.27. The number of hydrogen-bond donors (Lipinski definition) is 2. The van der Waals surface area contributed by atoms with E-state index in [1.54, 1.807) is 7.11 Å². The van der Waals surface area contributed by atoms with Crippen molar-refractivity contribution >= 4 is 39.9 Å². The summed E-state index contributed by atoms with van der Waals surface area (Å²) in [5.41, 5.74) is 0.782. The fourth-order valence-corrected chi connectivity index (χ4v) is 3.17. The van der Waals surface area contributed by atoms with Crippen molar-refractivity contribution in [2.24, 2.45) is 0 Å². The van der Waals surface area contributed by atoms with Crippen LogP contribution in [0.15, 0.2) is 11.1 Å². The number of ether oxygens (including phenoxy) is 1. The van der Waals surface area contributed by atoms with Crippen LogP contribution < -0.4 is 16.2 Å². The predicted molar refractivity (Wildman–Crippen MR) is 98.4 cm³/mol. The third kappa shape index (κ3) is 5.01. The van der Waals surface area contributed by atoms with Crippen LogP contribution in [0.25, 0.3) is 10.2 Å². The number of aryl methyl sites for hydroxylation is 2. The minimum atomic E-state index is -0.202. The Morgan fingerprint density at radius 3 is 2.79 bits per heavy atom. The van der Waals surface area contributed by atoms with Crippen LogP contribution in [0.4, 0.5) is 0 Å². The van der Waals surface area contributed by atoms with Gasteiger partial charge in [-0.15, -0.1) is 23.7 Å². The molecule has 0 radical (unpaired) electrons. The number of methoxy groups -OCH3 is 1. The van der Waals surface area contributed by atoms with E-state index < -0.39 is 0 Å². The Hall–Kier alpha value is -1.48. The smallest absolute Gasteiger partial charge is 0.262 e. The number of thiophene rings is 1.